The molecule has 0 saturated carbocycles. The van der Waals surface area contributed by atoms with Crippen LogP contribution in [0.25, 0.3) is 0 Å². The van der Waals surface area contributed by atoms with E-state index in [1.54, 1.807) is 47.5 Å². The van der Waals surface area contributed by atoms with Crippen LogP contribution in [0.1, 0.15) is 28.8 Å². The standard InChI is InChI=1S/C32H32ClN5O6S/c1-45(42,43)36-23-8-11-27(12-9-23)44-30-14-7-22(20-34-30)21-37-17-15-26(16-18-37)38(25-5-3-2-4-6-25)32(41)35-24-10-13-29(33)28(19-24)31(39)40/h2-14,19-20,26,36H,15-18,21H2,1H3,(H,35,41)(H,39,40). The van der Waals surface area contributed by atoms with E-state index >= 15 is 0 Å². The second-order valence-electron chi connectivity index (χ2n) is 10.6. The molecule has 13 heteroatoms. The number of pyridine rings is 1. The molecule has 0 atom stereocenters. The Morgan fingerprint density at radius 1 is 1.00 bits per heavy atom. The highest BCUT2D eigenvalue weighted by atomic mass is 35.5. The lowest BCUT2D eigenvalue weighted by Gasteiger charge is -2.38. The number of likely N-dealkylation sites (tertiary alicyclic amines) is 1. The number of para-hydroxylation sites is 1. The fourth-order valence-electron chi connectivity index (χ4n) is 5.12. The Morgan fingerprint density at radius 2 is 1.69 bits per heavy atom. The van der Waals surface area contributed by atoms with Crippen molar-refractivity contribution in [3.63, 3.8) is 0 Å². The maximum atomic E-state index is 13.6. The number of urea groups is 1. The molecule has 1 saturated heterocycles. The number of hydrogen-bond acceptors (Lipinski definition) is 7. The van der Waals surface area contributed by atoms with E-state index in [1.165, 1.54) is 12.1 Å². The molecule has 0 aliphatic carbocycles. The molecule has 5 rings (SSSR count). The molecule has 1 fully saturated rings. The molecule has 0 unspecified atom stereocenters. The number of ether oxygens (including phenoxy) is 1. The van der Waals surface area contributed by atoms with Crippen molar-refractivity contribution in [2.45, 2.75) is 25.4 Å². The molecule has 4 aromatic rings. The third kappa shape index (κ3) is 8.72. The summed E-state index contributed by atoms with van der Waals surface area (Å²) in [5.74, 6) is -0.222. The first-order valence-corrected chi connectivity index (χ1v) is 16.4. The van der Waals surface area contributed by atoms with Crippen LogP contribution in [0.4, 0.5) is 21.9 Å². The van der Waals surface area contributed by atoms with Gasteiger partial charge in [0.2, 0.25) is 15.9 Å². The second-order valence-corrected chi connectivity index (χ2v) is 12.8. The number of carboxylic acid groups (broad SMARTS) is 1. The van der Waals surface area contributed by atoms with Crippen molar-refractivity contribution in [1.29, 1.82) is 0 Å². The number of nitrogens with zero attached hydrogens (tertiary/aromatic N) is 3. The summed E-state index contributed by atoms with van der Waals surface area (Å²) >= 11 is 6.00. The lowest BCUT2D eigenvalue weighted by molar-refractivity contribution is 0.0697. The van der Waals surface area contributed by atoms with Crippen LogP contribution in [0.2, 0.25) is 5.02 Å². The zero-order valence-corrected chi connectivity index (χ0v) is 26.0. The molecule has 2 heterocycles. The van der Waals surface area contributed by atoms with E-state index in [2.05, 4.69) is 19.9 Å². The monoisotopic (exact) mass is 649 g/mol. The fraction of sp³-hybridized carbons (Fsp3) is 0.219. The van der Waals surface area contributed by atoms with Crippen LogP contribution in [0.5, 0.6) is 11.6 Å². The summed E-state index contributed by atoms with van der Waals surface area (Å²) in [6, 6.07) is 23.7. The number of aromatic nitrogens is 1. The minimum absolute atomic E-state index is 0.0668. The average molecular weight is 650 g/mol. The minimum Gasteiger partial charge on any atom is -0.478 e. The number of carbonyl (C=O) groups is 2. The van der Waals surface area contributed by atoms with E-state index in [1.807, 2.05) is 36.4 Å². The number of halogens is 1. The Morgan fingerprint density at radius 3 is 2.31 bits per heavy atom. The van der Waals surface area contributed by atoms with Gasteiger partial charge in [-0.1, -0.05) is 35.9 Å². The van der Waals surface area contributed by atoms with Crippen molar-refractivity contribution in [2.24, 2.45) is 0 Å². The number of sulfonamides is 1. The molecule has 1 aliphatic heterocycles. The number of rotatable bonds is 10. The topological polar surface area (TPSA) is 141 Å². The van der Waals surface area contributed by atoms with Crippen LogP contribution in [0.3, 0.4) is 0 Å². The minimum atomic E-state index is -3.35. The number of hydrogen-bond donors (Lipinski definition) is 3. The largest absolute Gasteiger partial charge is 0.478 e. The van der Waals surface area contributed by atoms with Crippen molar-refractivity contribution >= 4 is 50.7 Å². The number of carbonyl (C=O) groups excluding carboxylic acids is 1. The number of anilines is 3. The predicted molar refractivity (Wildman–Crippen MR) is 174 cm³/mol. The van der Waals surface area contributed by atoms with Gasteiger partial charge in [0, 0.05) is 55.0 Å². The number of aromatic carboxylic acids is 1. The Labute approximate surface area is 266 Å². The van der Waals surface area contributed by atoms with Crippen molar-refractivity contribution in [3.8, 4) is 11.6 Å². The van der Waals surface area contributed by atoms with Crippen LogP contribution in [-0.2, 0) is 16.6 Å². The maximum absolute atomic E-state index is 13.6. The summed E-state index contributed by atoms with van der Waals surface area (Å²) in [4.78, 5) is 33.5. The lowest BCUT2D eigenvalue weighted by atomic mass is 10.0. The van der Waals surface area contributed by atoms with Crippen LogP contribution < -0.4 is 19.7 Å². The summed E-state index contributed by atoms with van der Waals surface area (Å²) < 4.78 is 31.0. The van der Waals surface area contributed by atoms with Gasteiger partial charge in [0.1, 0.15) is 5.75 Å². The first kappa shape index (κ1) is 31.8. The molecule has 0 bridgehead atoms. The second kappa shape index (κ2) is 14.0. The third-order valence-corrected chi connectivity index (χ3v) is 8.14. The molecule has 45 heavy (non-hydrogen) atoms. The summed E-state index contributed by atoms with van der Waals surface area (Å²) in [5, 5.41) is 12.4. The number of nitrogens with one attached hydrogen (secondary N) is 2. The van der Waals surface area contributed by atoms with Crippen LogP contribution in [0, 0.1) is 0 Å². The van der Waals surface area contributed by atoms with Gasteiger partial charge in [-0.05, 0) is 73.0 Å². The van der Waals surface area contributed by atoms with E-state index in [4.69, 9.17) is 16.3 Å². The zero-order valence-electron chi connectivity index (χ0n) is 24.4. The van der Waals surface area contributed by atoms with E-state index in [-0.39, 0.29) is 22.7 Å². The molecule has 234 valence electrons. The van der Waals surface area contributed by atoms with Gasteiger partial charge in [-0.3, -0.25) is 14.5 Å². The van der Waals surface area contributed by atoms with E-state index in [0.717, 1.165) is 43.4 Å². The van der Waals surface area contributed by atoms with Crippen LogP contribution in [0.15, 0.2) is 91.1 Å². The maximum Gasteiger partial charge on any atom is 0.337 e. The molecule has 3 N–H and O–H groups in total. The SMILES string of the molecule is CS(=O)(=O)Nc1ccc(Oc2ccc(CN3CCC(N(C(=O)Nc4ccc(Cl)c(C(=O)O)c4)c4ccccc4)CC3)cn2)cc1. The third-order valence-electron chi connectivity index (χ3n) is 7.21. The van der Waals surface area contributed by atoms with E-state index in [0.29, 0.717) is 29.5 Å². The Kier molecular flexibility index (Phi) is 9.87. The molecule has 1 aliphatic rings. The van der Waals surface area contributed by atoms with Gasteiger partial charge >= 0.3 is 12.0 Å². The van der Waals surface area contributed by atoms with E-state index < -0.39 is 16.0 Å². The zero-order chi connectivity index (χ0) is 32.0. The van der Waals surface area contributed by atoms with Gasteiger partial charge in [-0.25, -0.2) is 23.0 Å². The van der Waals surface area contributed by atoms with Crippen LogP contribution >= 0.6 is 11.6 Å². The Balaban J connectivity index is 1.18. The molecule has 3 aromatic carbocycles. The van der Waals surface area contributed by atoms with Crippen molar-refractivity contribution in [3.05, 3.63) is 107 Å². The number of piperidine rings is 1. The van der Waals surface area contributed by atoms with Crippen molar-refractivity contribution in [2.75, 3.05) is 34.3 Å². The summed E-state index contributed by atoms with van der Waals surface area (Å²) in [5.41, 5.74) is 2.48. The van der Waals surface area contributed by atoms with Gasteiger partial charge in [0.15, 0.2) is 0 Å². The number of carboxylic acids is 1. The molecule has 1 aromatic heterocycles. The smallest absolute Gasteiger partial charge is 0.337 e. The number of benzene rings is 3. The molecule has 2 amide bonds. The van der Waals surface area contributed by atoms with Crippen LogP contribution in [-0.4, -0.2) is 60.8 Å². The predicted octanol–water partition coefficient (Wildman–Crippen LogP) is 6.30. The molecule has 0 radical (unpaired) electrons. The quantitative estimate of drug-likeness (QED) is 0.182. The molecule has 11 nitrogen and oxygen atoms in total. The fourth-order valence-corrected chi connectivity index (χ4v) is 5.88. The van der Waals surface area contributed by atoms with Gasteiger partial charge in [0.25, 0.3) is 0 Å². The first-order valence-electron chi connectivity index (χ1n) is 14.2. The van der Waals surface area contributed by atoms with Crippen molar-refractivity contribution < 1.29 is 27.9 Å². The summed E-state index contributed by atoms with van der Waals surface area (Å²) in [6.07, 6.45) is 4.33. The molecule has 0 spiro atoms. The van der Waals surface area contributed by atoms with Crippen molar-refractivity contribution in [1.82, 2.24) is 9.88 Å². The Bertz CT molecular complexity index is 1750. The Hall–Kier alpha value is -4.65. The first-order chi connectivity index (χ1) is 21.5. The summed E-state index contributed by atoms with van der Waals surface area (Å²) in [7, 11) is -3.35. The molecular formula is C32H32ClN5O6S. The normalized spacial score (nSPS) is 14.0. The number of amides is 2. The van der Waals surface area contributed by atoms with Gasteiger partial charge < -0.3 is 15.2 Å². The molecular weight excluding hydrogens is 618 g/mol. The summed E-state index contributed by atoms with van der Waals surface area (Å²) in [6.45, 7) is 2.21. The average Bonchev–Trinajstić information content (AvgIpc) is 3.01. The lowest BCUT2D eigenvalue weighted by Crippen LogP contribution is -2.49. The van der Waals surface area contributed by atoms with Gasteiger partial charge in [0.05, 0.1) is 16.8 Å². The van der Waals surface area contributed by atoms with E-state index in [9.17, 15) is 23.1 Å². The highest BCUT2D eigenvalue weighted by molar-refractivity contribution is 7.92. The van der Waals surface area contributed by atoms with Gasteiger partial charge in [-0.2, -0.15) is 0 Å². The van der Waals surface area contributed by atoms with Gasteiger partial charge in [-0.15, -0.1) is 0 Å². The highest BCUT2D eigenvalue weighted by Gasteiger charge is 2.29. The highest BCUT2D eigenvalue weighted by Crippen LogP contribution is 2.28.